The van der Waals surface area contributed by atoms with Gasteiger partial charge in [-0.05, 0) is 43.2 Å². The van der Waals surface area contributed by atoms with Crippen molar-refractivity contribution in [3.05, 3.63) is 60.2 Å². The Morgan fingerprint density at radius 3 is 2.81 bits per heavy atom. The fraction of sp³-hybridized carbons (Fsp3) is 0.294. The van der Waals surface area contributed by atoms with Crippen LogP contribution in [0.3, 0.4) is 0 Å². The molecule has 1 aromatic heterocycles. The number of hydrogen-bond donors (Lipinski definition) is 1. The Labute approximate surface area is 126 Å². The molecule has 1 heterocycles. The number of aromatic nitrogens is 1. The van der Waals surface area contributed by atoms with Crippen LogP contribution in [-0.2, 0) is 9.53 Å². The van der Waals surface area contributed by atoms with E-state index in [1.165, 1.54) is 0 Å². The Hall–Kier alpha value is -2.36. The highest BCUT2D eigenvalue weighted by Crippen LogP contribution is 2.11. The Morgan fingerprint density at radius 2 is 2.19 bits per heavy atom. The van der Waals surface area contributed by atoms with Gasteiger partial charge in [-0.15, -0.1) is 0 Å². The van der Waals surface area contributed by atoms with Crippen molar-refractivity contribution in [2.24, 2.45) is 5.73 Å². The van der Waals surface area contributed by atoms with Gasteiger partial charge in [-0.2, -0.15) is 0 Å². The van der Waals surface area contributed by atoms with Crippen LogP contribution < -0.4 is 5.73 Å². The van der Waals surface area contributed by atoms with E-state index in [1.54, 1.807) is 6.20 Å². The van der Waals surface area contributed by atoms with Gasteiger partial charge in [0, 0.05) is 6.20 Å². The molecule has 0 spiro atoms. The number of unbranched alkanes of at least 4 members (excludes halogenated alkanes) is 1. The molecule has 0 aliphatic rings. The summed E-state index contributed by atoms with van der Waals surface area (Å²) in [4.78, 5) is 15.1. The zero-order valence-electron chi connectivity index (χ0n) is 12.6. The van der Waals surface area contributed by atoms with Crippen molar-refractivity contribution in [1.82, 2.24) is 4.98 Å². The summed E-state index contributed by atoms with van der Waals surface area (Å²) in [6.07, 6.45) is 11.4. The molecule has 0 atom stereocenters. The number of amides is 1. The van der Waals surface area contributed by atoms with Crippen LogP contribution in [0.2, 0.25) is 0 Å². The van der Waals surface area contributed by atoms with Gasteiger partial charge < -0.3 is 10.5 Å². The molecule has 0 aliphatic carbocycles. The maximum Gasteiger partial charge on any atom is 0.255 e. The third-order valence-corrected chi connectivity index (χ3v) is 2.69. The van der Waals surface area contributed by atoms with E-state index in [4.69, 9.17) is 10.5 Å². The molecular weight excluding hydrogens is 264 g/mol. The smallest absolute Gasteiger partial charge is 0.255 e. The summed E-state index contributed by atoms with van der Waals surface area (Å²) in [5.74, 6) is 0.118. The lowest BCUT2D eigenvalue weighted by atomic mass is 10.2. The first-order chi connectivity index (χ1) is 10.1. The Morgan fingerprint density at radius 1 is 1.38 bits per heavy atom. The first kappa shape index (κ1) is 16.7. The minimum atomic E-state index is -0.491. The van der Waals surface area contributed by atoms with Crippen molar-refractivity contribution in [2.75, 3.05) is 6.61 Å². The monoisotopic (exact) mass is 286 g/mol. The van der Waals surface area contributed by atoms with Gasteiger partial charge in [0.25, 0.3) is 5.91 Å². The van der Waals surface area contributed by atoms with Crippen LogP contribution in [0.1, 0.15) is 32.4 Å². The van der Waals surface area contributed by atoms with Crippen LogP contribution in [-0.4, -0.2) is 17.5 Å². The molecule has 0 aliphatic heterocycles. The first-order valence-corrected chi connectivity index (χ1v) is 7.01. The second-order valence-electron chi connectivity index (χ2n) is 4.58. The molecule has 0 bridgehead atoms. The summed E-state index contributed by atoms with van der Waals surface area (Å²) in [6, 6.07) is 5.76. The molecule has 0 unspecified atom stereocenters. The lowest BCUT2D eigenvalue weighted by molar-refractivity contribution is -0.121. The molecule has 1 amide bonds. The predicted molar refractivity (Wildman–Crippen MR) is 85.2 cm³/mol. The standard InChI is InChI=1S/C17H22N2O2/c1-3-4-5-8-15(21-13-17(18)20)11-10-14(2)16-9-6-7-12-19-16/h5-12H,3-4,13H2,1-2H3,(H2,18,20)/b8-5+,14-10+,15-11+. The largest absolute Gasteiger partial charge is 0.484 e. The Kier molecular flexibility index (Phi) is 7.58. The normalized spacial score (nSPS) is 12.7. The van der Waals surface area contributed by atoms with Gasteiger partial charge in [-0.25, -0.2) is 0 Å². The minimum absolute atomic E-state index is 0.126. The summed E-state index contributed by atoms with van der Waals surface area (Å²) in [7, 11) is 0. The van der Waals surface area contributed by atoms with E-state index in [0.717, 1.165) is 24.1 Å². The number of nitrogens with zero attached hydrogens (tertiary/aromatic N) is 1. The van der Waals surface area contributed by atoms with Crippen LogP contribution in [0.5, 0.6) is 0 Å². The molecule has 112 valence electrons. The number of pyridine rings is 1. The number of allylic oxidation sites excluding steroid dienone is 5. The van der Waals surface area contributed by atoms with Gasteiger partial charge in [0.1, 0.15) is 5.76 Å². The van der Waals surface area contributed by atoms with E-state index < -0.39 is 5.91 Å². The average molecular weight is 286 g/mol. The van der Waals surface area contributed by atoms with Gasteiger partial charge in [-0.1, -0.05) is 31.6 Å². The molecular formula is C17H22N2O2. The number of carbonyl (C=O) groups is 1. The van der Waals surface area contributed by atoms with Crippen molar-refractivity contribution in [3.63, 3.8) is 0 Å². The molecule has 0 fully saturated rings. The maximum atomic E-state index is 10.8. The second-order valence-corrected chi connectivity index (χ2v) is 4.58. The lowest BCUT2D eigenvalue weighted by Gasteiger charge is -2.04. The van der Waals surface area contributed by atoms with Crippen molar-refractivity contribution >= 4 is 11.5 Å². The van der Waals surface area contributed by atoms with E-state index in [-0.39, 0.29) is 6.61 Å². The van der Waals surface area contributed by atoms with Crippen LogP contribution in [0.25, 0.3) is 5.57 Å². The lowest BCUT2D eigenvalue weighted by Crippen LogP contribution is -2.17. The van der Waals surface area contributed by atoms with Gasteiger partial charge >= 0.3 is 0 Å². The van der Waals surface area contributed by atoms with Crippen molar-refractivity contribution in [1.29, 1.82) is 0 Å². The quantitative estimate of drug-likeness (QED) is 0.589. The maximum absolute atomic E-state index is 10.8. The predicted octanol–water partition coefficient (Wildman–Crippen LogP) is 3.23. The third-order valence-electron chi connectivity index (χ3n) is 2.69. The van der Waals surface area contributed by atoms with Gasteiger partial charge in [0.15, 0.2) is 6.61 Å². The Balaban J connectivity index is 2.82. The highest BCUT2D eigenvalue weighted by Gasteiger charge is 1.98. The highest BCUT2D eigenvalue weighted by atomic mass is 16.5. The summed E-state index contributed by atoms with van der Waals surface area (Å²) in [5.41, 5.74) is 7.02. The summed E-state index contributed by atoms with van der Waals surface area (Å²) < 4.78 is 5.37. The molecule has 0 saturated carbocycles. The molecule has 2 N–H and O–H groups in total. The van der Waals surface area contributed by atoms with Gasteiger partial charge in [-0.3, -0.25) is 9.78 Å². The van der Waals surface area contributed by atoms with Gasteiger partial charge in [0.2, 0.25) is 0 Å². The molecule has 1 aromatic rings. The van der Waals surface area contributed by atoms with E-state index in [2.05, 4.69) is 11.9 Å². The van der Waals surface area contributed by atoms with Crippen LogP contribution >= 0.6 is 0 Å². The zero-order valence-corrected chi connectivity index (χ0v) is 12.6. The molecule has 4 heteroatoms. The van der Waals surface area contributed by atoms with E-state index in [0.29, 0.717) is 5.76 Å². The minimum Gasteiger partial charge on any atom is -0.484 e. The molecule has 0 aromatic carbocycles. The van der Waals surface area contributed by atoms with Crippen molar-refractivity contribution in [3.8, 4) is 0 Å². The van der Waals surface area contributed by atoms with Crippen LogP contribution in [0, 0.1) is 0 Å². The molecule has 1 rings (SSSR count). The van der Waals surface area contributed by atoms with Crippen molar-refractivity contribution in [2.45, 2.75) is 26.7 Å². The van der Waals surface area contributed by atoms with Crippen LogP contribution in [0.15, 0.2) is 54.5 Å². The molecule has 0 radical (unpaired) electrons. The molecule has 4 nitrogen and oxygen atoms in total. The summed E-state index contributed by atoms with van der Waals surface area (Å²) in [6.45, 7) is 3.95. The number of carbonyl (C=O) groups excluding carboxylic acids is 1. The fourth-order valence-electron chi connectivity index (χ4n) is 1.56. The number of primary amides is 1. The molecule has 0 saturated heterocycles. The number of ether oxygens (including phenoxy) is 1. The average Bonchev–Trinajstić information content (AvgIpc) is 2.50. The van der Waals surface area contributed by atoms with E-state index in [1.807, 2.05) is 49.4 Å². The summed E-state index contributed by atoms with van der Waals surface area (Å²) in [5, 5.41) is 0. The summed E-state index contributed by atoms with van der Waals surface area (Å²) >= 11 is 0. The number of nitrogens with two attached hydrogens (primary N) is 1. The van der Waals surface area contributed by atoms with E-state index >= 15 is 0 Å². The third kappa shape index (κ3) is 7.11. The highest BCUT2D eigenvalue weighted by molar-refractivity contribution is 5.75. The molecule has 21 heavy (non-hydrogen) atoms. The Bertz CT molecular complexity index is 531. The first-order valence-electron chi connectivity index (χ1n) is 7.01. The van der Waals surface area contributed by atoms with E-state index in [9.17, 15) is 4.79 Å². The second kappa shape index (κ2) is 9.53. The zero-order chi connectivity index (χ0) is 15.5. The number of hydrogen-bond acceptors (Lipinski definition) is 3. The van der Waals surface area contributed by atoms with Crippen LogP contribution in [0.4, 0.5) is 0 Å². The van der Waals surface area contributed by atoms with Crippen molar-refractivity contribution < 1.29 is 9.53 Å². The fourth-order valence-corrected chi connectivity index (χ4v) is 1.56. The van der Waals surface area contributed by atoms with Gasteiger partial charge in [0.05, 0.1) is 5.69 Å². The SMILES string of the molecule is CCC/C=C/C(=C\C=C(/C)c1ccccn1)OCC(N)=O. The number of rotatable bonds is 8. The topological polar surface area (TPSA) is 65.2 Å².